The maximum atomic E-state index is 10.1. The lowest BCUT2D eigenvalue weighted by Crippen LogP contribution is -2.53. The maximum absolute atomic E-state index is 10.1. The second kappa shape index (κ2) is 4.97. The molecule has 22 heavy (non-hydrogen) atoms. The van der Waals surface area contributed by atoms with E-state index >= 15 is 0 Å². The number of hydrogen-bond donors (Lipinski definition) is 1. The van der Waals surface area contributed by atoms with E-state index in [0.29, 0.717) is 16.7 Å². The van der Waals surface area contributed by atoms with Crippen molar-refractivity contribution >= 4 is 0 Å². The molecule has 2 heteroatoms. The van der Waals surface area contributed by atoms with E-state index in [-0.39, 0.29) is 6.10 Å². The van der Waals surface area contributed by atoms with Crippen LogP contribution in [0.5, 0.6) is 0 Å². The van der Waals surface area contributed by atoms with Crippen molar-refractivity contribution in [3.05, 3.63) is 0 Å². The first-order valence-corrected chi connectivity index (χ1v) is 9.56. The molecule has 1 N–H and O–H groups in total. The predicted molar refractivity (Wildman–Crippen MR) is 86.8 cm³/mol. The van der Waals surface area contributed by atoms with Crippen LogP contribution in [0, 0.1) is 51.8 Å². The summed E-state index contributed by atoms with van der Waals surface area (Å²) >= 11 is 0. The Morgan fingerprint density at radius 1 is 0.909 bits per heavy atom. The summed E-state index contributed by atoms with van der Waals surface area (Å²) in [4.78, 5) is 0. The molecule has 0 spiro atoms. The average Bonchev–Trinajstić information content (AvgIpc) is 2.84. The van der Waals surface area contributed by atoms with Gasteiger partial charge in [-0.05, 0) is 92.3 Å². The van der Waals surface area contributed by atoms with E-state index in [1.165, 1.54) is 38.5 Å². The minimum Gasteiger partial charge on any atom is -0.393 e. The Morgan fingerprint density at radius 2 is 1.64 bits per heavy atom. The third-order valence-corrected chi connectivity index (χ3v) is 8.79. The smallest absolute Gasteiger partial charge is 0.0661 e. The zero-order chi connectivity index (χ0) is 15.5. The SMILES string of the molecule is C[C@]12CC[C@@H](O)C[C@H]1CC[C@@H]1[C@@H]2CC[C@]2(C)[C@H](C#N)CC[C@@H]12. The monoisotopic (exact) mass is 301 g/mol. The first-order valence-electron chi connectivity index (χ1n) is 9.56. The molecule has 122 valence electrons. The second-order valence-electron chi connectivity index (χ2n) is 9.39. The zero-order valence-electron chi connectivity index (χ0n) is 14.2. The van der Waals surface area contributed by atoms with Gasteiger partial charge in [0.15, 0.2) is 0 Å². The summed E-state index contributed by atoms with van der Waals surface area (Å²) in [5, 5.41) is 19.6. The molecule has 0 aromatic rings. The van der Waals surface area contributed by atoms with Crippen LogP contribution in [0.4, 0.5) is 0 Å². The highest BCUT2D eigenvalue weighted by atomic mass is 16.3. The number of rotatable bonds is 0. The molecule has 2 nitrogen and oxygen atoms in total. The van der Waals surface area contributed by atoms with E-state index in [9.17, 15) is 10.4 Å². The molecule has 0 saturated heterocycles. The number of fused-ring (bicyclic) bond motifs is 5. The molecule has 4 aliphatic carbocycles. The summed E-state index contributed by atoms with van der Waals surface area (Å²) in [7, 11) is 0. The van der Waals surface area contributed by atoms with E-state index in [0.717, 1.165) is 42.9 Å². The molecule has 4 aliphatic rings. The van der Waals surface area contributed by atoms with Gasteiger partial charge in [-0.3, -0.25) is 0 Å². The van der Waals surface area contributed by atoms with Crippen LogP contribution in [0.3, 0.4) is 0 Å². The van der Waals surface area contributed by atoms with Crippen molar-refractivity contribution < 1.29 is 5.11 Å². The van der Waals surface area contributed by atoms with Crippen LogP contribution in [0.25, 0.3) is 0 Å². The molecule has 0 aliphatic heterocycles. The van der Waals surface area contributed by atoms with Gasteiger partial charge >= 0.3 is 0 Å². The summed E-state index contributed by atoms with van der Waals surface area (Å²) in [5.74, 6) is 3.55. The summed E-state index contributed by atoms with van der Waals surface area (Å²) in [5.41, 5.74) is 0.765. The van der Waals surface area contributed by atoms with E-state index in [1.54, 1.807) is 0 Å². The fraction of sp³-hybridized carbons (Fsp3) is 0.950. The van der Waals surface area contributed by atoms with Crippen molar-refractivity contribution in [2.45, 2.75) is 77.7 Å². The highest BCUT2D eigenvalue weighted by Gasteiger charge is 2.60. The first-order chi connectivity index (χ1) is 10.5. The number of aliphatic hydroxyl groups excluding tert-OH is 1. The largest absolute Gasteiger partial charge is 0.393 e. The lowest BCUT2D eigenvalue weighted by molar-refractivity contribution is -0.124. The van der Waals surface area contributed by atoms with Crippen LogP contribution in [0.2, 0.25) is 0 Å². The van der Waals surface area contributed by atoms with E-state index in [1.807, 2.05) is 0 Å². The Kier molecular flexibility index (Phi) is 3.39. The van der Waals surface area contributed by atoms with Gasteiger partial charge < -0.3 is 5.11 Å². The Hall–Kier alpha value is -0.550. The Balaban J connectivity index is 1.62. The minimum atomic E-state index is -0.0436. The number of hydrogen-bond acceptors (Lipinski definition) is 2. The molecular formula is C20H31NO. The number of nitriles is 1. The summed E-state index contributed by atoms with van der Waals surface area (Å²) in [6, 6.07) is 2.64. The van der Waals surface area contributed by atoms with Crippen LogP contribution in [0.15, 0.2) is 0 Å². The summed E-state index contributed by atoms with van der Waals surface area (Å²) in [6.07, 6.45) is 10.9. The lowest BCUT2D eigenvalue weighted by Gasteiger charge is -2.60. The van der Waals surface area contributed by atoms with Gasteiger partial charge in [0, 0.05) is 0 Å². The molecule has 0 bridgehead atoms. The molecule has 0 aromatic carbocycles. The van der Waals surface area contributed by atoms with Gasteiger partial charge in [-0.2, -0.15) is 5.26 Å². The minimum absolute atomic E-state index is 0.0436. The van der Waals surface area contributed by atoms with Gasteiger partial charge in [-0.15, -0.1) is 0 Å². The summed E-state index contributed by atoms with van der Waals surface area (Å²) < 4.78 is 0. The van der Waals surface area contributed by atoms with Crippen molar-refractivity contribution in [3.8, 4) is 6.07 Å². The van der Waals surface area contributed by atoms with Crippen molar-refractivity contribution in [1.82, 2.24) is 0 Å². The van der Waals surface area contributed by atoms with E-state index in [4.69, 9.17) is 0 Å². The predicted octanol–water partition coefficient (Wildman–Crippen LogP) is 4.53. The van der Waals surface area contributed by atoms with Gasteiger partial charge in [0.05, 0.1) is 18.1 Å². The van der Waals surface area contributed by atoms with Gasteiger partial charge in [0.25, 0.3) is 0 Å². The molecule has 4 saturated carbocycles. The van der Waals surface area contributed by atoms with E-state index in [2.05, 4.69) is 19.9 Å². The van der Waals surface area contributed by atoms with Crippen LogP contribution in [-0.4, -0.2) is 11.2 Å². The molecule has 0 unspecified atom stereocenters. The molecule has 0 radical (unpaired) electrons. The Morgan fingerprint density at radius 3 is 2.41 bits per heavy atom. The zero-order valence-corrected chi connectivity index (χ0v) is 14.2. The average molecular weight is 301 g/mol. The maximum Gasteiger partial charge on any atom is 0.0661 e. The van der Waals surface area contributed by atoms with Crippen LogP contribution in [0.1, 0.15) is 71.6 Å². The normalized spacial score (nSPS) is 57.4. The quantitative estimate of drug-likeness (QED) is 0.714. The van der Waals surface area contributed by atoms with Crippen molar-refractivity contribution in [2.24, 2.45) is 40.4 Å². The Labute approximate surface area is 135 Å². The van der Waals surface area contributed by atoms with Gasteiger partial charge in [-0.25, -0.2) is 0 Å². The standard InChI is InChI=1S/C20H31NO/c1-19-9-7-15(22)11-13(19)3-5-16-17-6-4-14(12-21)20(17,2)10-8-18(16)19/h13-18,22H,3-11H2,1-2H3/t13-,14+,15-,16+,17+,18+,19+,20-/m1/s1. The molecule has 0 amide bonds. The highest BCUT2D eigenvalue weighted by Crippen LogP contribution is 2.67. The van der Waals surface area contributed by atoms with Gasteiger partial charge in [-0.1, -0.05) is 13.8 Å². The highest BCUT2D eigenvalue weighted by molar-refractivity contribution is 5.12. The third kappa shape index (κ3) is 1.87. The molecule has 8 atom stereocenters. The van der Waals surface area contributed by atoms with Crippen LogP contribution < -0.4 is 0 Å². The molecular weight excluding hydrogens is 270 g/mol. The molecule has 0 aromatic heterocycles. The molecule has 4 rings (SSSR count). The Bertz CT molecular complexity index is 496. The van der Waals surface area contributed by atoms with E-state index < -0.39 is 0 Å². The van der Waals surface area contributed by atoms with Crippen molar-refractivity contribution in [2.75, 3.05) is 0 Å². The number of nitrogens with zero attached hydrogens (tertiary/aromatic N) is 1. The van der Waals surface area contributed by atoms with Gasteiger partial charge in [0.2, 0.25) is 0 Å². The fourth-order valence-electron chi connectivity index (χ4n) is 7.45. The van der Waals surface area contributed by atoms with Crippen LogP contribution in [-0.2, 0) is 0 Å². The number of aliphatic hydroxyl groups is 1. The third-order valence-electron chi connectivity index (χ3n) is 8.79. The van der Waals surface area contributed by atoms with Gasteiger partial charge in [0.1, 0.15) is 0 Å². The summed E-state index contributed by atoms with van der Waals surface area (Å²) in [6.45, 7) is 4.97. The lowest BCUT2D eigenvalue weighted by atomic mass is 9.45. The molecule has 0 heterocycles. The second-order valence-corrected chi connectivity index (χ2v) is 9.39. The van der Waals surface area contributed by atoms with Crippen LogP contribution >= 0.6 is 0 Å². The molecule has 4 fully saturated rings. The first kappa shape index (κ1) is 15.0. The fourth-order valence-corrected chi connectivity index (χ4v) is 7.45. The topological polar surface area (TPSA) is 44.0 Å². The van der Waals surface area contributed by atoms with Crippen molar-refractivity contribution in [1.29, 1.82) is 5.26 Å². The van der Waals surface area contributed by atoms with Crippen molar-refractivity contribution in [3.63, 3.8) is 0 Å².